The summed E-state index contributed by atoms with van der Waals surface area (Å²) in [5.74, 6) is 1.60. The summed E-state index contributed by atoms with van der Waals surface area (Å²) in [5, 5.41) is 13.3. The van der Waals surface area contributed by atoms with Gasteiger partial charge in [-0.3, -0.25) is 0 Å². The highest BCUT2D eigenvalue weighted by molar-refractivity contribution is 5.48. The van der Waals surface area contributed by atoms with Crippen LogP contribution in [0.5, 0.6) is 11.5 Å². The number of hydrogen-bond donors (Lipinski definition) is 2. The van der Waals surface area contributed by atoms with E-state index in [1.54, 1.807) is 7.11 Å². The van der Waals surface area contributed by atoms with Crippen molar-refractivity contribution in [1.82, 2.24) is 4.90 Å². The minimum absolute atomic E-state index is 0.156. The van der Waals surface area contributed by atoms with E-state index in [0.717, 1.165) is 22.7 Å². The van der Waals surface area contributed by atoms with Crippen molar-refractivity contribution in [2.24, 2.45) is 0 Å². The standard InChI is InChI=1S/C20H28N2O3/c1-15(16-6-5-7-20(12-16)24-4)21-17-8-10-19(11-9-17)25-14-18(23)13-22(2)3/h5-12,15,18,21,23H,13-14H2,1-4H3. The van der Waals surface area contributed by atoms with Crippen LogP contribution >= 0.6 is 0 Å². The lowest BCUT2D eigenvalue weighted by molar-refractivity contribution is 0.0831. The van der Waals surface area contributed by atoms with Gasteiger partial charge < -0.3 is 24.8 Å². The fourth-order valence-corrected chi connectivity index (χ4v) is 2.56. The van der Waals surface area contributed by atoms with Gasteiger partial charge in [0.1, 0.15) is 24.2 Å². The Morgan fingerprint density at radius 1 is 1.08 bits per heavy atom. The molecule has 2 unspecified atom stereocenters. The van der Waals surface area contributed by atoms with Gasteiger partial charge >= 0.3 is 0 Å². The zero-order valence-corrected chi connectivity index (χ0v) is 15.4. The van der Waals surface area contributed by atoms with E-state index in [4.69, 9.17) is 9.47 Å². The zero-order chi connectivity index (χ0) is 18.2. The van der Waals surface area contributed by atoms with E-state index in [1.165, 1.54) is 0 Å². The van der Waals surface area contributed by atoms with Gasteiger partial charge in [-0.2, -0.15) is 0 Å². The Labute approximate surface area is 150 Å². The van der Waals surface area contributed by atoms with E-state index in [-0.39, 0.29) is 12.6 Å². The maximum absolute atomic E-state index is 9.83. The van der Waals surface area contributed by atoms with E-state index in [0.29, 0.717) is 6.54 Å². The molecule has 0 bridgehead atoms. The second-order valence-corrected chi connectivity index (χ2v) is 6.39. The molecule has 0 radical (unpaired) electrons. The molecule has 2 N–H and O–H groups in total. The van der Waals surface area contributed by atoms with Gasteiger partial charge in [-0.1, -0.05) is 12.1 Å². The predicted octanol–water partition coefficient (Wildman–Crippen LogP) is 3.17. The number of benzene rings is 2. The predicted molar refractivity (Wildman–Crippen MR) is 102 cm³/mol. The van der Waals surface area contributed by atoms with Crippen LogP contribution in [0.1, 0.15) is 18.5 Å². The molecule has 0 heterocycles. The number of likely N-dealkylation sites (N-methyl/N-ethyl adjacent to an activating group) is 1. The second-order valence-electron chi connectivity index (χ2n) is 6.39. The number of aliphatic hydroxyl groups is 1. The van der Waals surface area contributed by atoms with Crippen LogP contribution < -0.4 is 14.8 Å². The number of anilines is 1. The summed E-state index contributed by atoms with van der Waals surface area (Å²) >= 11 is 0. The zero-order valence-electron chi connectivity index (χ0n) is 15.4. The van der Waals surface area contributed by atoms with Crippen molar-refractivity contribution < 1.29 is 14.6 Å². The Morgan fingerprint density at radius 3 is 2.44 bits per heavy atom. The number of aliphatic hydroxyl groups excluding tert-OH is 1. The Morgan fingerprint density at radius 2 is 1.80 bits per heavy atom. The van der Waals surface area contributed by atoms with Crippen LogP contribution in [-0.2, 0) is 0 Å². The molecule has 0 aliphatic carbocycles. The highest BCUT2D eigenvalue weighted by Gasteiger charge is 2.08. The van der Waals surface area contributed by atoms with Crippen molar-refractivity contribution in [2.45, 2.75) is 19.1 Å². The number of rotatable bonds is 9. The normalized spacial score (nSPS) is 13.4. The number of nitrogens with zero attached hydrogens (tertiary/aromatic N) is 1. The third-order valence-corrected chi connectivity index (χ3v) is 3.85. The highest BCUT2D eigenvalue weighted by atomic mass is 16.5. The first-order chi connectivity index (χ1) is 12.0. The molecule has 0 aromatic heterocycles. The van der Waals surface area contributed by atoms with Gasteiger partial charge in [-0.15, -0.1) is 0 Å². The third kappa shape index (κ3) is 6.29. The van der Waals surface area contributed by atoms with Crippen molar-refractivity contribution in [1.29, 1.82) is 0 Å². The molecule has 0 amide bonds. The largest absolute Gasteiger partial charge is 0.497 e. The van der Waals surface area contributed by atoms with Crippen LogP contribution in [-0.4, -0.2) is 50.5 Å². The summed E-state index contributed by atoms with van der Waals surface area (Å²) in [6.07, 6.45) is -0.499. The first kappa shape index (κ1) is 19.1. The summed E-state index contributed by atoms with van der Waals surface area (Å²) in [6.45, 7) is 2.97. The molecule has 25 heavy (non-hydrogen) atoms. The van der Waals surface area contributed by atoms with Gasteiger partial charge in [-0.25, -0.2) is 0 Å². The SMILES string of the molecule is COc1cccc(C(C)Nc2ccc(OCC(O)CN(C)C)cc2)c1. The lowest BCUT2D eigenvalue weighted by Crippen LogP contribution is -2.30. The fraction of sp³-hybridized carbons (Fsp3) is 0.400. The van der Waals surface area contributed by atoms with Crippen LogP contribution in [0.2, 0.25) is 0 Å². The summed E-state index contributed by atoms with van der Waals surface area (Å²) in [4.78, 5) is 1.93. The molecule has 5 nitrogen and oxygen atoms in total. The molecular formula is C20H28N2O3. The monoisotopic (exact) mass is 344 g/mol. The van der Waals surface area contributed by atoms with Gasteiger partial charge in [0.2, 0.25) is 0 Å². The first-order valence-electron chi connectivity index (χ1n) is 8.44. The first-order valence-corrected chi connectivity index (χ1v) is 8.44. The van der Waals surface area contributed by atoms with Crippen LogP contribution in [0.3, 0.4) is 0 Å². The van der Waals surface area contributed by atoms with Crippen molar-refractivity contribution in [2.75, 3.05) is 39.7 Å². The quantitative estimate of drug-likeness (QED) is 0.732. The van der Waals surface area contributed by atoms with Crippen LogP contribution in [0.15, 0.2) is 48.5 Å². The van der Waals surface area contributed by atoms with Crippen molar-refractivity contribution in [3.63, 3.8) is 0 Å². The van der Waals surface area contributed by atoms with E-state index in [9.17, 15) is 5.11 Å². The Bertz CT molecular complexity index is 644. The molecule has 2 aromatic carbocycles. The summed E-state index contributed by atoms with van der Waals surface area (Å²) < 4.78 is 10.9. The maximum atomic E-state index is 9.83. The molecule has 5 heteroatoms. The summed E-state index contributed by atoms with van der Waals surface area (Å²) in [6, 6.07) is 15.9. The molecule has 0 spiro atoms. The molecule has 136 valence electrons. The van der Waals surface area contributed by atoms with Crippen molar-refractivity contribution in [3.05, 3.63) is 54.1 Å². The van der Waals surface area contributed by atoms with Crippen LogP contribution in [0.4, 0.5) is 5.69 Å². The van der Waals surface area contributed by atoms with Gasteiger partial charge in [0.05, 0.1) is 7.11 Å². The lowest BCUT2D eigenvalue weighted by atomic mass is 10.1. The van der Waals surface area contributed by atoms with E-state index in [1.807, 2.05) is 61.5 Å². The molecule has 0 aliphatic rings. The topological polar surface area (TPSA) is 54.0 Å². The summed E-state index contributed by atoms with van der Waals surface area (Å²) in [5.41, 5.74) is 2.17. The van der Waals surface area contributed by atoms with E-state index in [2.05, 4.69) is 18.3 Å². The number of hydrogen-bond acceptors (Lipinski definition) is 5. The Kier molecular flexibility index (Phi) is 7.10. The van der Waals surface area contributed by atoms with E-state index >= 15 is 0 Å². The Balaban J connectivity index is 1.89. The maximum Gasteiger partial charge on any atom is 0.119 e. The summed E-state index contributed by atoms with van der Waals surface area (Å²) in [7, 11) is 5.52. The van der Waals surface area contributed by atoms with Crippen molar-refractivity contribution >= 4 is 5.69 Å². The average molecular weight is 344 g/mol. The molecule has 0 saturated heterocycles. The third-order valence-electron chi connectivity index (χ3n) is 3.85. The minimum Gasteiger partial charge on any atom is -0.497 e. The number of ether oxygens (including phenoxy) is 2. The molecule has 2 aromatic rings. The number of methoxy groups -OCH3 is 1. The van der Waals surface area contributed by atoms with Crippen LogP contribution in [0, 0.1) is 0 Å². The van der Waals surface area contributed by atoms with Gasteiger partial charge in [0.25, 0.3) is 0 Å². The molecule has 0 fully saturated rings. The fourth-order valence-electron chi connectivity index (χ4n) is 2.56. The molecule has 0 aliphatic heterocycles. The smallest absolute Gasteiger partial charge is 0.119 e. The van der Waals surface area contributed by atoms with Crippen molar-refractivity contribution in [3.8, 4) is 11.5 Å². The minimum atomic E-state index is -0.499. The molecule has 0 saturated carbocycles. The average Bonchev–Trinajstić information content (AvgIpc) is 2.60. The van der Waals surface area contributed by atoms with Gasteiger partial charge in [0, 0.05) is 18.3 Å². The van der Waals surface area contributed by atoms with Gasteiger partial charge in [-0.05, 0) is 63.0 Å². The molecule has 2 rings (SSSR count). The number of nitrogens with one attached hydrogen (secondary N) is 1. The lowest BCUT2D eigenvalue weighted by Gasteiger charge is -2.18. The Hall–Kier alpha value is -2.24. The molecular weight excluding hydrogens is 316 g/mol. The highest BCUT2D eigenvalue weighted by Crippen LogP contribution is 2.24. The van der Waals surface area contributed by atoms with E-state index < -0.39 is 6.10 Å². The van der Waals surface area contributed by atoms with Gasteiger partial charge in [0.15, 0.2) is 0 Å². The van der Waals surface area contributed by atoms with Crippen LogP contribution in [0.25, 0.3) is 0 Å². The second kappa shape index (κ2) is 9.30. The molecule has 2 atom stereocenters.